The molecule has 21 heavy (non-hydrogen) atoms. The largest absolute Gasteiger partial charge is 0.381 e. The van der Waals surface area contributed by atoms with Gasteiger partial charge in [-0.15, -0.1) is 0 Å². The van der Waals surface area contributed by atoms with E-state index in [1.54, 1.807) is 11.3 Å². The monoisotopic (exact) mass is 307 g/mol. The van der Waals surface area contributed by atoms with Crippen molar-refractivity contribution in [1.82, 2.24) is 4.90 Å². The van der Waals surface area contributed by atoms with Crippen molar-refractivity contribution in [3.8, 4) is 0 Å². The van der Waals surface area contributed by atoms with Gasteiger partial charge in [0.2, 0.25) is 0 Å². The third-order valence-corrected chi connectivity index (χ3v) is 5.96. The summed E-state index contributed by atoms with van der Waals surface area (Å²) in [5.74, 6) is 1.58. The van der Waals surface area contributed by atoms with Gasteiger partial charge >= 0.3 is 0 Å². The van der Waals surface area contributed by atoms with Crippen LogP contribution >= 0.6 is 11.3 Å². The molecular formula is C17H25NO2S. The van der Waals surface area contributed by atoms with Crippen molar-refractivity contribution in [1.29, 1.82) is 0 Å². The first-order valence-electron chi connectivity index (χ1n) is 8.29. The maximum atomic E-state index is 6.13. The Morgan fingerprint density at radius 1 is 1.33 bits per heavy atom. The Bertz CT molecular complexity index is 451. The summed E-state index contributed by atoms with van der Waals surface area (Å²) in [6, 6.07) is 2.23. The van der Waals surface area contributed by atoms with Crippen LogP contribution in [0.4, 0.5) is 0 Å². The van der Waals surface area contributed by atoms with Gasteiger partial charge in [-0.2, -0.15) is 11.3 Å². The molecule has 0 bridgehead atoms. The van der Waals surface area contributed by atoms with Crippen molar-refractivity contribution in [2.75, 3.05) is 32.9 Å². The van der Waals surface area contributed by atoms with E-state index < -0.39 is 0 Å². The van der Waals surface area contributed by atoms with E-state index in [0.29, 0.717) is 5.92 Å². The number of hydrogen-bond donors (Lipinski definition) is 0. The summed E-state index contributed by atoms with van der Waals surface area (Å²) in [7, 11) is 0. The molecule has 1 atom stereocenters. The van der Waals surface area contributed by atoms with Gasteiger partial charge in [-0.3, -0.25) is 4.90 Å². The zero-order chi connectivity index (χ0) is 14.1. The van der Waals surface area contributed by atoms with Crippen molar-refractivity contribution in [2.24, 2.45) is 11.8 Å². The van der Waals surface area contributed by atoms with Crippen LogP contribution in [0.25, 0.3) is 0 Å². The molecule has 4 heteroatoms. The van der Waals surface area contributed by atoms with Gasteiger partial charge in [0.05, 0.1) is 5.60 Å². The Morgan fingerprint density at radius 3 is 3.00 bits per heavy atom. The van der Waals surface area contributed by atoms with E-state index in [4.69, 9.17) is 9.47 Å². The highest BCUT2D eigenvalue weighted by molar-refractivity contribution is 7.07. The minimum atomic E-state index is 0.152. The van der Waals surface area contributed by atoms with Crippen LogP contribution in [0, 0.1) is 11.8 Å². The molecule has 2 saturated heterocycles. The van der Waals surface area contributed by atoms with E-state index in [0.717, 1.165) is 45.4 Å². The van der Waals surface area contributed by atoms with E-state index >= 15 is 0 Å². The van der Waals surface area contributed by atoms with Crippen LogP contribution in [0.2, 0.25) is 0 Å². The fourth-order valence-corrected chi connectivity index (χ4v) is 4.43. The van der Waals surface area contributed by atoms with Gasteiger partial charge in [-0.25, -0.2) is 0 Å². The molecule has 3 nitrogen and oxygen atoms in total. The van der Waals surface area contributed by atoms with Gasteiger partial charge in [0.25, 0.3) is 0 Å². The molecule has 0 radical (unpaired) electrons. The first-order chi connectivity index (χ1) is 10.3. The summed E-state index contributed by atoms with van der Waals surface area (Å²) in [5, 5.41) is 4.42. The Labute approximate surface area is 131 Å². The molecule has 1 aromatic rings. The van der Waals surface area contributed by atoms with Crippen molar-refractivity contribution in [2.45, 2.75) is 37.8 Å². The fraction of sp³-hybridized carbons (Fsp3) is 0.765. The first kappa shape index (κ1) is 14.2. The van der Waals surface area contributed by atoms with Gasteiger partial charge in [-0.05, 0) is 59.9 Å². The van der Waals surface area contributed by atoms with Crippen LogP contribution in [0.5, 0.6) is 0 Å². The SMILES string of the molecule is c1cc(CN2CC3(C2)OCCC3CCOCC2CC2)cs1. The van der Waals surface area contributed by atoms with Gasteiger partial charge in [-0.1, -0.05) is 0 Å². The van der Waals surface area contributed by atoms with Crippen LogP contribution in [0.3, 0.4) is 0 Å². The predicted molar refractivity (Wildman–Crippen MR) is 84.5 cm³/mol. The molecular weight excluding hydrogens is 282 g/mol. The molecule has 3 heterocycles. The van der Waals surface area contributed by atoms with Gasteiger partial charge < -0.3 is 9.47 Å². The molecule has 3 fully saturated rings. The summed E-state index contributed by atoms with van der Waals surface area (Å²) in [6.45, 7) is 6.16. The molecule has 0 amide bonds. The summed E-state index contributed by atoms with van der Waals surface area (Å²) >= 11 is 1.79. The van der Waals surface area contributed by atoms with E-state index in [-0.39, 0.29) is 5.60 Å². The van der Waals surface area contributed by atoms with Crippen LogP contribution in [0.1, 0.15) is 31.2 Å². The molecule has 1 aliphatic carbocycles. The molecule has 3 aliphatic rings. The second-order valence-electron chi connectivity index (χ2n) is 6.98. The van der Waals surface area contributed by atoms with Gasteiger partial charge in [0.15, 0.2) is 0 Å². The zero-order valence-corrected chi connectivity index (χ0v) is 13.4. The smallest absolute Gasteiger partial charge is 0.0964 e. The average molecular weight is 307 g/mol. The molecule has 4 rings (SSSR count). The molecule has 2 aliphatic heterocycles. The van der Waals surface area contributed by atoms with Crippen molar-refractivity contribution < 1.29 is 9.47 Å². The zero-order valence-electron chi connectivity index (χ0n) is 12.6. The normalized spacial score (nSPS) is 28.1. The second kappa shape index (κ2) is 5.99. The van der Waals surface area contributed by atoms with Crippen LogP contribution < -0.4 is 0 Å². The van der Waals surface area contributed by atoms with Crippen molar-refractivity contribution in [3.63, 3.8) is 0 Å². The quantitative estimate of drug-likeness (QED) is 0.722. The molecule has 0 N–H and O–H groups in total. The highest BCUT2D eigenvalue weighted by Gasteiger charge is 2.52. The van der Waals surface area contributed by atoms with Crippen molar-refractivity contribution in [3.05, 3.63) is 22.4 Å². The Hall–Kier alpha value is -0.420. The summed E-state index contributed by atoms with van der Waals surface area (Å²) in [5.41, 5.74) is 1.59. The maximum absolute atomic E-state index is 6.13. The number of ether oxygens (including phenoxy) is 2. The van der Waals surface area contributed by atoms with Crippen molar-refractivity contribution >= 4 is 11.3 Å². The second-order valence-corrected chi connectivity index (χ2v) is 7.76. The minimum Gasteiger partial charge on any atom is -0.381 e. The highest BCUT2D eigenvalue weighted by Crippen LogP contribution is 2.42. The lowest BCUT2D eigenvalue weighted by Crippen LogP contribution is -2.64. The molecule has 0 aromatic carbocycles. The number of likely N-dealkylation sites (tertiary alicyclic amines) is 1. The van der Waals surface area contributed by atoms with E-state index in [1.807, 2.05) is 0 Å². The summed E-state index contributed by atoms with van der Waals surface area (Å²) in [6.07, 6.45) is 5.17. The Balaban J connectivity index is 1.22. The van der Waals surface area contributed by atoms with Crippen LogP contribution in [0.15, 0.2) is 16.8 Å². The van der Waals surface area contributed by atoms with E-state index in [9.17, 15) is 0 Å². The van der Waals surface area contributed by atoms with Crippen LogP contribution in [-0.4, -0.2) is 43.4 Å². The lowest BCUT2D eigenvalue weighted by Gasteiger charge is -2.50. The molecule has 1 aromatic heterocycles. The lowest BCUT2D eigenvalue weighted by atomic mass is 9.79. The Kier molecular flexibility index (Phi) is 4.05. The van der Waals surface area contributed by atoms with Gasteiger partial charge in [0.1, 0.15) is 0 Å². The molecule has 116 valence electrons. The molecule has 1 saturated carbocycles. The minimum absolute atomic E-state index is 0.152. The lowest BCUT2D eigenvalue weighted by molar-refractivity contribution is -0.139. The van der Waals surface area contributed by atoms with E-state index in [1.165, 1.54) is 31.2 Å². The summed E-state index contributed by atoms with van der Waals surface area (Å²) < 4.78 is 12.0. The predicted octanol–water partition coefficient (Wildman–Crippen LogP) is 3.16. The topological polar surface area (TPSA) is 21.7 Å². The summed E-state index contributed by atoms with van der Waals surface area (Å²) in [4.78, 5) is 2.52. The van der Waals surface area contributed by atoms with Crippen LogP contribution in [-0.2, 0) is 16.0 Å². The fourth-order valence-electron chi connectivity index (χ4n) is 3.77. The van der Waals surface area contributed by atoms with E-state index in [2.05, 4.69) is 21.7 Å². The molecule has 1 unspecified atom stereocenters. The number of rotatable bonds is 7. The highest BCUT2D eigenvalue weighted by atomic mass is 32.1. The number of hydrogen-bond acceptors (Lipinski definition) is 4. The van der Waals surface area contributed by atoms with Gasteiger partial charge in [0, 0.05) is 39.5 Å². The first-order valence-corrected chi connectivity index (χ1v) is 9.23. The third kappa shape index (κ3) is 3.19. The average Bonchev–Trinajstić information content (AvgIpc) is 2.96. The number of nitrogens with zero attached hydrogens (tertiary/aromatic N) is 1. The molecule has 1 spiro atoms. The maximum Gasteiger partial charge on any atom is 0.0964 e. The Morgan fingerprint density at radius 2 is 2.24 bits per heavy atom. The standard InChI is InChI=1S/C17H25NO2S/c1-2-14(1)10-19-6-3-16-4-7-20-17(16)12-18(13-17)9-15-5-8-21-11-15/h5,8,11,14,16H,1-4,6-7,9-10,12-13H2. The third-order valence-electron chi connectivity index (χ3n) is 5.23. The number of thiophene rings is 1.